The van der Waals surface area contributed by atoms with Crippen LogP contribution in [0.5, 0.6) is 0 Å². The molecule has 0 unspecified atom stereocenters. The summed E-state index contributed by atoms with van der Waals surface area (Å²) < 4.78 is 0. The van der Waals surface area contributed by atoms with Gasteiger partial charge in [0.05, 0.1) is 12.1 Å². The molecule has 2 heterocycles. The van der Waals surface area contributed by atoms with Gasteiger partial charge in [0.25, 0.3) is 5.91 Å². The van der Waals surface area contributed by atoms with Gasteiger partial charge in [-0.1, -0.05) is 36.4 Å². The summed E-state index contributed by atoms with van der Waals surface area (Å²) in [5, 5.41) is 5.10. The number of amides is 2. The maximum absolute atomic E-state index is 12.6. The number of thiazole rings is 1. The van der Waals surface area contributed by atoms with Crippen molar-refractivity contribution in [2.45, 2.75) is 12.8 Å². The van der Waals surface area contributed by atoms with Crippen LogP contribution in [-0.4, -0.2) is 23.3 Å². The number of carbonyl (C=O) groups excluding carboxylic acids is 2. The number of carbonyl (C=O) groups is 2. The van der Waals surface area contributed by atoms with Crippen LogP contribution in [0.15, 0.2) is 60.0 Å². The highest BCUT2D eigenvalue weighted by atomic mass is 32.1. The fourth-order valence-electron chi connectivity index (χ4n) is 3.05. The third-order valence-electron chi connectivity index (χ3n) is 4.33. The molecular formula is C20H17N3O2S. The van der Waals surface area contributed by atoms with Gasteiger partial charge in [-0.2, -0.15) is 0 Å². The van der Waals surface area contributed by atoms with Crippen molar-refractivity contribution < 1.29 is 9.59 Å². The lowest BCUT2D eigenvalue weighted by Gasteiger charge is -2.16. The summed E-state index contributed by atoms with van der Waals surface area (Å²) in [6, 6.07) is 17.0. The molecule has 1 aromatic heterocycles. The van der Waals surface area contributed by atoms with Crippen molar-refractivity contribution in [3.8, 4) is 0 Å². The van der Waals surface area contributed by atoms with E-state index in [1.807, 2.05) is 46.7 Å². The van der Waals surface area contributed by atoms with Gasteiger partial charge in [-0.15, -0.1) is 11.3 Å². The van der Waals surface area contributed by atoms with Crippen LogP contribution in [0.25, 0.3) is 0 Å². The van der Waals surface area contributed by atoms with Gasteiger partial charge in [0.2, 0.25) is 5.91 Å². The monoisotopic (exact) mass is 363 g/mol. The number of anilines is 2. The Morgan fingerprint density at radius 2 is 1.85 bits per heavy atom. The van der Waals surface area contributed by atoms with E-state index >= 15 is 0 Å². The lowest BCUT2D eigenvalue weighted by Crippen LogP contribution is -2.30. The molecule has 0 saturated heterocycles. The zero-order valence-corrected chi connectivity index (χ0v) is 14.8. The van der Waals surface area contributed by atoms with E-state index in [1.165, 1.54) is 16.9 Å². The lowest BCUT2D eigenvalue weighted by atomic mass is 10.2. The molecule has 26 heavy (non-hydrogen) atoms. The molecule has 0 radical (unpaired) electrons. The summed E-state index contributed by atoms with van der Waals surface area (Å²) in [7, 11) is 0. The van der Waals surface area contributed by atoms with Crippen LogP contribution in [0.3, 0.4) is 0 Å². The molecule has 1 N–H and O–H groups in total. The van der Waals surface area contributed by atoms with Crippen molar-refractivity contribution in [1.82, 2.24) is 4.98 Å². The van der Waals surface area contributed by atoms with E-state index < -0.39 is 0 Å². The number of rotatable bonds is 4. The predicted octanol–water partition coefficient (Wildman–Crippen LogP) is 3.53. The standard InChI is InChI=1S/C20H17N3O2S/c24-18(23-11-10-14-6-4-5-9-17(14)23)12-16-13-26-20(21-16)22-19(25)15-7-2-1-3-8-15/h1-9,13H,10-12H2,(H,21,22,25). The van der Waals surface area contributed by atoms with Gasteiger partial charge in [-0.05, 0) is 30.2 Å². The molecule has 2 aromatic carbocycles. The Morgan fingerprint density at radius 1 is 1.08 bits per heavy atom. The highest BCUT2D eigenvalue weighted by molar-refractivity contribution is 7.14. The number of nitrogens with one attached hydrogen (secondary N) is 1. The van der Waals surface area contributed by atoms with Gasteiger partial charge in [0.15, 0.2) is 5.13 Å². The van der Waals surface area contributed by atoms with E-state index in [0.717, 1.165) is 12.1 Å². The minimum atomic E-state index is -0.203. The maximum Gasteiger partial charge on any atom is 0.257 e. The van der Waals surface area contributed by atoms with E-state index in [1.54, 1.807) is 12.1 Å². The van der Waals surface area contributed by atoms with Crippen molar-refractivity contribution in [1.29, 1.82) is 0 Å². The van der Waals surface area contributed by atoms with Gasteiger partial charge in [-0.25, -0.2) is 4.98 Å². The third kappa shape index (κ3) is 3.36. The quantitative estimate of drug-likeness (QED) is 0.771. The molecule has 1 aliphatic heterocycles. The van der Waals surface area contributed by atoms with Crippen LogP contribution in [0, 0.1) is 0 Å². The molecule has 4 rings (SSSR count). The molecular weight excluding hydrogens is 346 g/mol. The fraction of sp³-hybridized carbons (Fsp3) is 0.150. The van der Waals surface area contributed by atoms with Crippen LogP contribution < -0.4 is 10.2 Å². The third-order valence-corrected chi connectivity index (χ3v) is 5.14. The van der Waals surface area contributed by atoms with E-state index in [-0.39, 0.29) is 18.2 Å². The van der Waals surface area contributed by atoms with Crippen LogP contribution in [0.2, 0.25) is 0 Å². The van der Waals surface area contributed by atoms with Crippen LogP contribution in [-0.2, 0) is 17.6 Å². The minimum Gasteiger partial charge on any atom is -0.311 e. The number of para-hydroxylation sites is 1. The molecule has 3 aromatic rings. The molecule has 2 amide bonds. The molecule has 0 fully saturated rings. The minimum absolute atomic E-state index is 0.0289. The summed E-state index contributed by atoms with van der Waals surface area (Å²) >= 11 is 1.33. The number of hydrogen-bond acceptors (Lipinski definition) is 4. The topological polar surface area (TPSA) is 62.3 Å². The Morgan fingerprint density at radius 3 is 2.69 bits per heavy atom. The van der Waals surface area contributed by atoms with Crippen LogP contribution in [0.4, 0.5) is 10.8 Å². The molecule has 0 atom stereocenters. The number of hydrogen-bond donors (Lipinski definition) is 1. The van der Waals surface area contributed by atoms with Crippen LogP contribution >= 0.6 is 11.3 Å². The first-order valence-electron chi connectivity index (χ1n) is 8.40. The maximum atomic E-state index is 12.6. The first kappa shape index (κ1) is 16.5. The van der Waals surface area contributed by atoms with Crippen molar-refractivity contribution in [2.75, 3.05) is 16.8 Å². The van der Waals surface area contributed by atoms with E-state index in [4.69, 9.17) is 0 Å². The number of fused-ring (bicyclic) bond motifs is 1. The first-order valence-corrected chi connectivity index (χ1v) is 9.28. The van der Waals surface area contributed by atoms with Crippen molar-refractivity contribution in [2.24, 2.45) is 0 Å². The van der Waals surface area contributed by atoms with Gasteiger partial charge in [-0.3, -0.25) is 14.9 Å². The Hall–Kier alpha value is -2.99. The molecule has 0 bridgehead atoms. The number of benzene rings is 2. The zero-order valence-electron chi connectivity index (χ0n) is 14.0. The van der Waals surface area contributed by atoms with Crippen molar-refractivity contribution in [3.63, 3.8) is 0 Å². The van der Waals surface area contributed by atoms with Gasteiger partial charge in [0.1, 0.15) is 0 Å². The Kier molecular flexibility index (Phi) is 4.50. The Bertz CT molecular complexity index is 952. The van der Waals surface area contributed by atoms with Gasteiger partial charge >= 0.3 is 0 Å². The van der Waals surface area contributed by atoms with Crippen molar-refractivity contribution in [3.05, 3.63) is 76.8 Å². The average molecular weight is 363 g/mol. The summed E-state index contributed by atoms with van der Waals surface area (Å²) in [6.45, 7) is 0.708. The predicted molar refractivity (Wildman–Crippen MR) is 103 cm³/mol. The SMILES string of the molecule is O=C(Nc1nc(CC(=O)N2CCc3ccccc32)cs1)c1ccccc1. The lowest BCUT2D eigenvalue weighted by molar-refractivity contribution is -0.117. The van der Waals surface area contributed by atoms with Crippen LogP contribution in [0.1, 0.15) is 21.6 Å². The largest absolute Gasteiger partial charge is 0.311 e. The summed E-state index contributed by atoms with van der Waals surface area (Å²) in [4.78, 5) is 31.0. The fourth-order valence-corrected chi connectivity index (χ4v) is 3.76. The number of aromatic nitrogens is 1. The molecule has 130 valence electrons. The summed E-state index contributed by atoms with van der Waals surface area (Å²) in [5.74, 6) is -0.174. The molecule has 0 spiro atoms. The smallest absolute Gasteiger partial charge is 0.257 e. The molecule has 0 aliphatic carbocycles. The molecule has 1 aliphatic rings. The molecule has 6 heteroatoms. The first-order chi connectivity index (χ1) is 12.7. The van der Waals surface area contributed by atoms with E-state index in [2.05, 4.69) is 16.4 Å². The second kappa shape index (κ2) is 7.09. The number of nitrogens with zero attached hydrogens (tertiary/aromatic N) is 2. The van der Waals surface area contributed by atoms with Crippen molar-refractivity contribution >= 4 is 34.0 Å². The zero-order chi connectivity index (χ0) is 17.9. The van der Waals surface area contributed by atoms with E-state index in [0.29, 0.717) is 22.9 Å². The Balaban J connectivity index is 1.41. The second-order valence-electron chi connectivity index (χ2n) is 6.07. The molecule has 0 saturated carbocycles. The second-order valence-corrected chi connectivity index (χ2v) is 6.92. The normalized spacial score (nSPS) is 12.7. The summed E-state index contributed by atoms with van der Waals surface area (Å²) in [6.07, 6.45) is 1.11. The highest BCUT2D eigenvalue weighted by Crippen LogP contribution is 2.28. The van der Waals surface area contributed by atoms with Gasteiger partial charge in [0, 0.05) is 23.2 Å². The summed E-state index contributed by atoms with van der Waals surface area (Å²) in [5.41, 5.74) is 3.45. The highest BCUT2D eigenvalue weighted by Gasteiger charge is 2.24. The van der Waals surface area contributed by atoms with Gasteiger partial charge < -0.3 is 4.90 Å². The Labute approximate surface area is 155 Å². The molecule has 5 nitrogen and oxygen atoms in total. The average Bonchev–Trinajstić information content (AvgIpc) is 3.29. The van der Waals surface area contributed by atoms with E-state index in [9.17, 15) is 9.59 Å².